The fraction of sp³-hybridized carbons (Fsp3) is 0.368. The fourth-order valence-electron chi connectivity index (χ4n) is 3.29. The Balaban J connectivity index is 1.83. The Morgan fingerprint density at radius 3 is 2.52 bits per heavy atom. The van der Waals surface area contributed by atoms with E-state index in [1.807, 2.05) is 0 Å². The quantitative estimate of drug-likeness (QED) is 0.710. The van der Waals surface area contributed by atoms with E-state index in [4.69, 9.17) is 9.97 Å². The lowest BCUT2D eigenvalue weighted by atomic mass is 10.1. The van der Waals surface area contributed by atoms with Gasteiger partial charge in [-0.3, -0.25) is 0 Å². The first-order chi connectivity index (χ1) is 11.2. The predicted molar refractivity (Wildman–Crippen MR) is 97.6 cm³/mol. The van der Waals surface area contributed by atoms with Gasteiger partial charge in [0.05, 0.1) is 5.39 Å². The van der Waals surface area contributed by atoms with Crippen molar-refractivity contribution in [1.82, 2.24) is 9.97 Å². The zero-order valence-electron chi connectivity index (χ0n) is 13.7. The second-order valence-corrected chi connectivity index (χ2v) is 7.49. The summed E-state index contributed by atoms with van der Waals surface area (Å²) in [5.41, 5.74) is 2.61. The van der Waals surface area contributed by atoms with Crippen LogP contribution in [0.5, 0.6) is 0 Å². The molecule has 0 amide bonds. The van der Waals surface area contributed by atoms with Crippen LogP contribution in [-0.2, 0) is 6.42 Å². The standard InChI is InChI=1S/C19H21N3S/c1-13-14(2)23-19-17(13)18(22-10-6-7-11-22)20-16(21-19)12-15-8-4-3-5-9-15/h3-5,8-9H,6-7,10-12H2,1-2H3. The topological polar surface area (TPSA) is 29.0 Å². The number of nitrogens with zero attached hydrogens (tertiary/aromatic N) is 3. The van der Waals surface area contributed by atoms with Crippen molar-refractivity contribution < 1.29 is 0 Å². The molecule has 1 aliphatic rings. The maximum atomic E-state index is 4.97. The summed E-state index contributed by atoms with van der Waals surface area (Å²) in [5.74, 6) is 2.09. The monoisotopic (exact) mass is 323 g/mol. The minimum absolute atomic E-state index is 0.799. The third kappa shape index (κ3) is 2.72. The average molecular weight is 323 g/mol. The minimum atomic E-state index is 0.799. The zero-order valence-corrected chi connectivity index (χ0v) is 14.5. The number of fused-ring (bicyclic) bond motifs is 1. The number of benzene rings is 1. The molecule has 4 heteroatoms. The fourth-order valence-corrected chi connectivity index (χ4v) is 4.33. The van der Waals surface area contributed by atoms with Crippen LogP contribution in [0, 0.1) is 13.8 Å². The second-order valence-electron chi connectivity index (χ2n) is 6.28. The Morgan fingerprint density at radius 2 is 1.78 bits per heavy atom. The van der Waals surface area contributed by atoms with Crippen LogP contribution < -0.4 is 4.90 Å². The van der Waals surface area contributed by atoms with E-state index in [1.54, 1.807) is 11.3 Å². The van der Waals surface area contributed by atoms with E-state index in [0.717, 1.165) is 36.0 Å². The van der Waals surface area contributed by atoms with E-state index in [9.17, 15) is 0 Å². The van der Waals surface area contributed by atoms with Gasteiger partial charge in [0, 0.05) is 24.4 Å². The maximum absolute atomic E-state index is 4.97. The van der Waals surface area contributed by atoms with Crippen LogP contribution in [0.2, 0.25) is 0 Å². The highest BCUT2D eigenvalue weighted by atomic mass is 32.1. The molecular formula is C19H21N3S. The molecule has 0 saturated carbocycles. The highest BCUT2D eigenvalue weighted by Gasteiger charge is 2.21. The zero-order chi connectivity index (χ0) is 15.8. The number of hydrogen-bond donors (Lipinski definition) is 0. The summed E-state index contributed by atoms with van der Waals surface area (Å²) in [6.45, 7) is 6.62. The van der Waals surface area contributed by atoms with Gasteiger partial charge in [0.15, 0.2) is 0 Å². The van der Waals surface area contributed by atoms with Gasteiger partial charge in [-0.1, -0.05) is 30.3 Å². The van der Waals surface area contributed by atoms with Crippen LogP contribution in [0.4, 0.5) is 5.82 Å². The number of anilines is 1. The largest absolute Gasteiger partial charge is 0.356 e. The Hall–Kier alpha value is -1.94. The van der Waals surface area contributed by atoms with Gasteiger partial charge in [0.25, 0.3) is 0 Å². The number of aryl methyl sites for hydroxylation is 2. The third-order valence-electron chi connectivity index (χ3n) is 4.67. The van der Waals surface area contributed by atoms with Crippen molar-refractivity contribution >= 4 is 27.4 Å². The minimum Gasteiger partial charge on any atom is -0.356 e. The molecule has 1 saturated heterocycles. The van der Waals surface area contributed by atoms with Crippen molar-refractivity contribution in [2.75, 3.05) is 18.0 Å². The summed E-state index contributed by atoms with van der Waals surface area (Å²) >= 11 is 1.80. The lowest BCUT2D eigenvalue weighted by molar-refractivity contribution is 0.907. The second kappa shape index (κ2) is 5.93. The third-order valence-corrected chi connectivity index (χ3v) is 5.77. The van der Waals surface area contributed by atoms with Crippen LogP contribution in [0.3, 0.4) is 0 Å². The van der Waals surface area contributed by atoms with Gasteiger partial charge >= 0.3 is 0 Å². The van der Waals surface area contributed by atoms with Crippen molar-refractivity contribution in [2.45, 2.75) is 33.1 Å². The molecule has 23 heavy (non-hydrogen) atoms. The van der Waals surface area contributed by atoms with Crippen molar-refractivity contribution in [3.63, 3.8) is 0 Å². The molecule has 2 aromatic heterocycles. The van der Waals surface area contributed by atoms with Gasteiger partial charge < -0.3 is 4.90 Å². The normalized spacial score (nSPS) is 14.8. The van der Waals surface area contributed by atoms with Crippen LogP contribution in [-0.4, -0.2) is 23.1 Å². The van der Waals surface area contributed by atoms with Crippen LogP contribution in [0.15, 0.2) is 30.3 Å². The molecule has 3 aromatic rings. The summed E-state index contributed by atoms with van der Waals surface area (Å²) in [6, 6.07) is 10.5. The van der Waals surface area contributed by atoms with Crippen LogP contribution in [0.1, 0.15) is 34.7 Å². The molecule has 0 unspecified atom stereocenters. The molecule has 0 aliphatic carbocycles. The van der Waals surface area contributed by atoms with Crippen molar-refractivity contribution in [3.05, 3.63) is 52.2 Å². The van der Waals surface area contributed by atoms with Gasteiger partial charge in [-0.05, 0) is 37.8 Å². The molecule has 1 aromatic carbocycles. The summed E-state index contributed by atoms with van der Waals surface area (Å²) in [5, 5.41) is 1.27. The van der Waals surface area contributed by atoms with E-state index in [2.05, 4.69) is 49.1 Å². The molecule has 4 rings (SSSR count). The predicted octanol–water partition coefficient (Wildman–Crippen LogP) is 4.50. The number of aromatic nitrogens is 2. The average Bonchev–Trinajstić information content (AvgIpc) is 3.17. The molecular weight excluding hydrogens is 302 g/mol. The molecule has 1 fully saturated rings. The number of hydrogen-bond acceptors (Lipinski definition) is 4. The summed E-state index contributed by atoms with van der Waals surface area (Å²) < 4.78 is 0. The molecule has 0 radical (unpaired) electrons. The summed E-state index contributed by atoms with van der Waals surface area (Å²) in [4.78, 5) is 14.8. The first-order valence-electron chi connectivity index (χ1n) is 8.28. The van der Waals surface area contributed by atoms with Gasteiger partial charge in [0.1, 0.15) is 16.5 Å². The molecule has 1 aliphatic heterocycles. The first-order valence-corrected chi connectivity index (χ1v) is 9.09. The molecule has 3 nitrogen and oxygen atoms in total. The first kappa shape index (κ1) is 14.6. The Kier molecular flexibility index (Phi) is 3.77. The Morgan fingerprint density at radius 1 is 1.04 bits per heavy atom. The van der Waals surface area contributed by atoms with Crippen LogP contribution >= 0.6 is 11.3 Å². The van der Waals surface area contributed by atoms with Crippen molar-refractivity contribution in [2.24, 2.45) is 0 Å². The number of thiophene rings is 1. The molecule has 3 heterocycles. The van der Waals surface area contributed by atoms with E-state index < -0.39 is 0 Å². The van der Waals surface area contributed by atoms with Crippen LogP contribution in [0.25, 0.3) is 10.2 Å². The molecule has 0 atom stereocenters. The highest BCUT2D eigenvalue weighted by molar-refractivity contribution is 7.18. The Labute approximate surface area is 141 Å². The number of rotatable bonds is 3. The van der Waals surface area contributed by atoms with Gasteiger partial charge in [0.2, 0.25) is 0 Å². The molecule has 0 N–H and O–H groups in total. The van der Waals surface area contributed by atoms with E-state index in [1.165, 1.54) is 34.2 Å². The molecule has 118 valence electrons. The maximum Gasteiger partial charge on any atom is 0.141 e. The van der Waals surface area contributed by atoms with E-state index in [-0.39, 0.29) is 0 Å². The Bertz CT molecular complexity index is 833. The lowest BCUT2D eigenvalue weighted by Gasteiger charge is -2.18. The summed E-state index contributed by atoms with van der Waals surface area (Å²) in [7, 11) is 0. The van der Waals surface area contributed by atoms with Crippen molar-refractivity contribution in [3.8, 4) is 0 Å². The lowest BCUT2D eigenvalue weighted by Crippen LogP contribution is -2.20. The summed E-state index contributed by atoms with van der Waals surface area (Å²) in [6.07, 6.45) is 3.33. The SMILES string of the molecule is Cc1sc2nc(Cc3ccccc3)nc(N3CCCC3)c2c1C. The van der Waals surface area contributed by atoms with E-state index in [0.29, 0.717) is 0 Å². The van der Waals surface area contributed by atoms with Gasteiger partial charge in [-0.15, -0.1) is 11.3 Å². The highest BCUT2D eigenvalue weighted by Crippen LogP contribution is 2.36. The van der Waals surface area contributed by atoms with Gasteiger partial charge in [-0.25, -0.2) is 9.97 Å². The van der Waals surface area contributed by atoms with Gasteiger partial charge in [-0.2, -0.15) is 0 Å². The molecule has 0 bridgehead atoms. The van der Waals surface area contributed by atoms with E-state index >= 15 is 0 Å². The molecule has 0 spiro atoms. The van der Waals surface area contributed by atoms with Crippen molar-refractivity contribution in [1.29, 1.82) is 0 Å². The smallest absolute Gasteiger partial charge is 0.141 e.